The zero-order valence-corrected chi connectivity index (χ0v) is 32.8. The van der Waals surface area contributed by atoms with Crippen LogP contribution in [0.4, 0.5) is 15.3 Å². The van der Waals surface area contributed by atoms with Gasteiger partial charge in [-0.25, -0.2) is 9.59 Å². The van der Waals surface area contributed by atoms with Gasteiger partial charge < -0.3 is 30.1 Å². The average Bonchev–Trinajstić information content (AvgIpc) is 3.04. The van der Waals surface area contributed by atoms with Crippen molar-refractivity contribution in [3.63, 3.8) is 0 Å². The number of aliphatic imine (C=N–C) groups is 1. The lowest BCUT2D eigenvalue weighted by atomic mass is 9.75. The zero-order chi connectivity index (χ0) is 39.9. The van der Waals surface area contributed by atoms with Crippen molar-refractivity contribution in [3.05, 3.63) is 82.9 Å². The van der Waals surface area contributed by atoms with E-state index in [-0.39, 0.29) is 53.4 Å². The van der Waals surface area contributed by atoms with E-state index >= 15 is 0 Å². The summed E-state index contributed by atoms with van der Waals surface area (Å²) in [5.41, 5.74) is -0.188. The molecule has 1 atom stereocenters. The van der Waals surface area contributed by atoms with Gasteiger partial charge in [-0.1, -0.05) is 67.9 Å². The number of carbonyl (C=O) groups is 4. The number of amides is 4. The fourth-order valence-corrected chi connectivity index (χ4v) is 5.54. The third-order valence-electron chi connectivity index (χ3n) is 7.06. The molecule has 0 aliphatic carbocycles. The molecule has 0 radical (unpaired) electrons. The quantitative estimate of drug-likeness (QED) is 0.0661. The summed E-state index contributed by atoms with van der Waals surface area (Å²) in [4.78, 5) is 61.7. The molecule has 0 bridgehead atoms. The number of carboxylic acid groups (broad SMARTS) is 1. The Morgan fingerprint density at radius 2 is 1.60 bits per heavy atom. The van der Waals surface area contributed by atoms with Gasteiger partial charge in [-0.05, 0) is 81.5 Å². The van der Waals surface area contributed by atoms with Gasteiger partial charge in [0, 0.05) is 18.0 Å². The number of oxime groups is 1. The highest BCUT2D eigenvalue weighted by molar-refractivity contribution is 6.40. The molecule has 0 aromatic heterocycles. The van der Waals surface area contributed by atoms with Crippen LogP contribution in [0.5, 0.6) is 5.75 Å². The minimum Gasteiger partial charge on any atom is -0.490 e. The van der Waals surface area contributed by atoms with Crippen LogP contribution in [-0.4, -0.2) is 77.5 Å². The predicted molar refractivity (Wildman–Crippen MR) is 208 cm³/mol. The molecular formula is C38H49Cl2N5O8. The third kappa shape index (κ3) is 14.9. The van der Waals surface area contributed by atoms with Gasteiger partial charge in [0.1, 0.15) is 36.9 Å². The Bertz CT molecular complexity index is 1670. The van der Waals surface area contributed by atoms with Crippen LogP contribution in [0.2, 0.25) is 10.0 Å². The number of nitrogens with one attached hydrogen (secondary N) is 2. The van der Waals surface area contributed by atoms with Gasteiger partial charge in [-0.15, -0.1) is 6.58 Å². The molecule has 13 nitrogen and oxygen atoms in total. The Balaban J connectivity index is 2.42. The number of rotatable bonds is 16. The second-order valence-electron chi connectivity index (χ2n) is 13.8. The largest absolute Gasteiger partial charge is 0.490 e. The number of anilines is 1. The van der Waals surface area contributed by atoms with Crippen LogP contribution in [-0.2, 0) is 19.2 Å². The number of carbonyl (C=O) groups excluding carboxylic acids is 3. The first kappa shape index (κ1) is 44.3. The maximum atomic E-state index is 13.5. The van der Waals surface area contributed by atoms with E-state index in [0.29, 0.717) is 29.9 Å². The second kappa shape index (κ2) is 20.4. The van der Waals surface area contributed by atoms with E-state index in [1.807, 2.05) is 20.8 Å². The van der Waals surface area contributed by atoms with Crippen molar-refractivity contribution in [3.8, 4) is 5.75 Å². The Morgan fingerprint density at radius 3 is 2.11 bits per heavy atom. The number of hydrogen-bond donors (Lipinski definition) is 3. The van der Waals surface area contributed by atoms with Gasteiger partial charge >= 0.3 is 12.2 Å². The number of benzene rings is 2. The lowest BCUT2D eigenvalue weighted by Gasteiger charge is -2.32. The topological polar surface area (TPSA) is 168 Å². The summed E-state index contributed by atoms with van der Waals surface area (Å²) in [6, 6.07) is 9.87. The summed E-state index contributed by atoms with van der Waals surface area (Å²) in [6.07, 6.45) is 1.15. The van der Waals surface area contributed by atoms with E-state index in [1.165, 1.54) is 17.0 Å². The van der Waals surface area contributed by atoms with Gasteiger partial charge in [0.15, 0.2) is 0 Å². The molecule has 0 saturated carbocycles. The van der Waals surface area contributed by atoms with Crippen LogP contribution in [0, 0.1) is 5.41 Å². The van der Waals surface area contributed by atoms with Crippen LogP contribution in [0.1, 0.15) is 78.4 Å². The molecule has 0 saturated heterocycles. The van der Waals surface area contributed by atoms with Crippen molar-refractivity contribution in [1.82, 2.24) is 10.2 Å². The van der Waals surface area contributed by atoms with Crippen molar-refractivity contribution >= 4 is 64.4 Å². The number of nitrogens with zero attached hydrogens (tertiary/aromatic N) is 3. The first-order valence-corrected chi connectivity index (χ1v) is 17.6. The zero-order valence-electron chi connectivity index (χ0n) is 31.3. The molecular weight excluding hydrogens is 725 g/mol. The summed E-state index contributed by atoms with van der Waals surface area (Å²) < 4.78 is 11.0. The van der Waals surface area contributed by atoms with Gasteiger partial charge in [-0.3, -0.25) is 14.5 Å². The van der Waals surface area contributed by atoms with Crippen LogP contribution >= 0.6 is 23.2 Å². The molecule has 2 aromatic carbocycles. The average molecular weight is 775 g/mol. The van der Waals surface area contributed by atoms with E-state index in [4.69, 9.17) is 37.5 Å². The standard InChI is InChI=1S/C38H49Cl2N5O8/c1-10-13-18-45(36(50)53-38(7,8)9)23-31(47)41-33-27(39)20-25(21-28(33)40)32(37(4,5)6)34(43-35(48)49)42-30(46)22-29(44-52-12-3)24-14-16-26(17-15-24)51-19-11-2/h10-11,14-17,20-21,32H,1-2,12-13,18-19,22-23H2,3-9H3,(H,41,47)(H,48,49)(H,42,43,46). The van der Waals surface area contributed by atoms with Crippen molar-refractivity contribution < 1.29 is 38.6 Å². The summed E-state index contributed by atoms with van der Waals surface area (Å²) >= 11 is 13.4. The van der Waals surface area contributed by atoms with E-state index < -0.39 is 40.9 Å². The minimum atomic E-state index is -1.54. The van der Waals surface area contributed by atoms with Crippen LogP contribution in [0.25, 0.3) is 0 Å². The molecule has 1 unspecified atom stereocenters. The summed E-state index contributed by atoms with van der Waals surface area (Å²) in [7, 11) is 0. The van der Waals surface area contributed by atoms with Crippen LogP contribution in [0.3, 0.4) is 0 Å². The molecule has 0 heterocycles. The predicted octanol–water partition coefficient (Wildman–Crippen LogP) is 8.46. The monoisotopic (exact) mass is 773 g/mol. The maximum absolute atomic E-state index is 13.5. The summed E-state index contributed by atoms with van der Waals surface area (Å²) in [6.45, 7) is 20.1. The first-order valence-electron chi connectivity index (χ1n) is 16.8. The lowest BCUT2D eigenvalue weighted by Crippen LogP contribution is -2.42. The van der Waals surface area contributed by atoms with Crippen molar-refractivity contribution in [2.75, 3.05) is 31.6 Å². The molecule has 288 valence electrons. The van der Waals surface area contributed by atoms with Gasteiger partial charge in [-0.2, -0.15) is 4.99 Å². The molecule has 3 N–H and O–H groups in total. The van der Waals surface area contributed by atoms with Crippen molar-refractivity contribution in [1.29, 1.82) is 0 Å². The highest BCUT2D eigenvalue weighted by Crippen LogP contribution is 2.41. The molecule has 2 rings (SSSR count). The molecule has 0 aliphatic rings. The molecule has 15 heteroatoms. The van der Waals surface area contributed by atoms with E-state index in [2.05, 4.69) is 33.9 Å². The Morgan fingerprint density at radius 1 is 0.981 bits per heavy atom. The smallest absolute Gasteiger partial charge is 0.432 e. The summed E-state index contributed by atoms with van der Waals surface area (Å²) in [5.74, 6) is -1.66. The van der Waals surface area contributed by atoms with Gasteiger partial charge in [0.25, 0.3) is 0 Å². The highest BCUT2D eigenvalue weighted by Gasteiger charge is 2.34. The fourth-order valence-electron chi connectivity index (χ4n) is 4.94. The maximum Gasteiger partial charge on any atom is 0.432 e. The molecule has 0 fully saturated rings. The summed E-state index contributed by atoms with van der Waals surface area (Å²) in [5, 5.41) is 19.3. The van der Waals surface area contributed by atoms with Crippen LogP contribution in [0.15, 0.2) is 71.9 Å². The van der Waals surface area contributed by atoms with Gasteiger partial charge in [0.05, 0.1) is 27.9 Å². The van der Waals surface area contributed by atoms with Crippen molar-refractivity contribution in [2.24, 2.45) is 15.6 Å². The minimum absolute atomic E-state index is 0.0256. The molecule has 2 aromatic rings. The number of hydrogen-bond acceptors (Lipinski definition) is 8. The van der Waals surface area contributed by atoms with Gasteiger partial charge in [0.2, 0.25) is 11.8 Å². The number of ether oxygens (including phenoxy) is 2. The second-order valence-corrected chi connectivity index (χ2v) is 14.6. The van der Waals surface area contributed by atoms with Crippen molar-refractivity contribution in [2.45, 2.75) is 72.8 Å². The fraction of sp³-hybridized carbons (Fsp3) is 0.421. The number of amidine groups is 1. The number of halogens is 2. The van der Waals surface area contributed by atoms with E-state index in [1.54, 1.807) is 64.1 Å². The Labute approximate surface area is 321 Å². The van der Waals surface area contributed by atoms with Crippen LogP contribution < -0.4 is 15.4 Å². The van der Waals surface area contributed by atoms with E-state index in [9.17, 15) is 24.3 Å². The third-order valence-corrected chi connectivity index (χ3v) is 7.66. The molecule has 0 aliphatic heterocycles. The SMILES string of the molecule is C=CCCN(CC(=O)Nc1c(Cl)cc(C(C(=NC(=O)O)NC(=O)CC(=NOCC)c2ccc(OCC=C)cc2)C(C)(C)C)cc1Cl)C(=O)OC(C)(C)C. The lowest BCUT2D eigenvalue weighted by molar-refractivity contribution is -0.119. The Kier molecular flexibility index (Phi) is 17.0. The highest BCUT2D eigenvalue weighted by atomic mass is 35.5. The first-order chi connectivity index (χ1) is 24.8. The Hall–Kier alpha value is -4.88. The molecule has 53 heavy (non-hydrogen) atoms. The van der Waals surface area contributed by atoms with E-state index in [0.717, 1.165) is 0 Å². The normalized spacial score (nSPS) is 12.6. The molecule has 0 spiro atoms. The molecule has 4 amide bonds.